The van der Waals surface area contributed by atoms with Gasteiger partial charge in [0.05, 0.1) is 5.52 Å². The number of hydrogen-bond acceptors (Lipinski definition) is 4. The number of nitrogens with zero attached hydrogens (tertiary/aromatic N) is 2. The lowest BCUT2D eigenvalue weighted by Crippen LogP contribution is -2.43. The highest BCUT2D eigenvalue weighted by Crippen LogP contribution is 2.32. The standard InChI is InChI=1S/C25H25N3O2S/c1-2-25(22-8-7-19-5-3-4-6-20(19)17-22)31(29,30)28-14-11-21-18-23(9-10-24(21)28)27-15-12-26-13-16-27/h2-11,14,17-18,25-26H,1,12-13,15-16H2. The fourth-order valence-electron chi connectivity index (χ4n) is 4.38. The van der Waals surface area contributed by atoms with Crippen molar-refractivity contribution >= 4 is 37.4 Å². The maximum absolute atomic E-state index is 13.6. The van der Waals surface area contributed by atoms with Gasteiger partial charge >= 0.3 is 0 Å². The normalized spacial score (nSPS) is 15.9. The van der Waals surface area contributed by atoms with Crippen LogP contribution in [-0.4, -0.2) is 38.6 Å². The van der Waals surface area contributed by atoms with E-state index in [0.29, 0.717) is 11.1 Å². The summed E-state index contributed by atoms with van der Waals surface area (Å²) in [5, 5.41) is 5.54. The first-order valence-corrected chi connectivity index (χ1v) is 12.0. The number of benzene rings is 3. The van der Waals surface area contributed by atoms with E-state index < -0.39 is 15.3 Å². The van der Waals surface area contributed by atoms with Crippen LogP contribution in [0.15, 0.2) is 85.6 Å². The van der Waals surface area contributed by atoms with Gasteiger partial charge < -0.3 is 10.2 Å². The molecule has 0 saturated carbocycles. The molecule has 1 atom stereocenters. The van der Waals surface area contributed by atoms with Crippen LogP contribution in [0.2, 0.25) is 0 Å². The number of rotatable bonds is 5. The first-order valence-electron chi connectivity index (χ1n) is 10.5. The van der Waals surface area contributed by atoms with E-state index in [1.807, 2.05) is 60.7 Å². The van der Waals surface area contributed by atoms with E-state index in [0.717, 1.165) is 48.0 Å². The molecule has 3 aromatic carbocycles. The minimum atomic E-state index is -3.72. The van der Waals surface area contributed by atoms with E-state index in [4.69, 9.17) is 0 Å². The summed E-state index contributed by atoms with van der Waals surface area (Å²) in [6.45, 7) is 7.66. The summed E-state index contributed by atoms with van der Waals surface area (Å²) in [5.41, 5.74) is 2.53. The van der Waals surface area contributed by atoms with Crippen LogP contribution < -0.4 is 10.2 Å². The molecule has 0 bridgehead atoms. The third-order valence-corrected chi connectivity index (χ3v) is 8.00. The number of piperazine rings is 1. The second-order valence-electron chi connectivity index (χ2n) is 7.90. The molecule has 6 heteroatoms. The highest BCUT2D eigenvalue weighted by atomic mass is 32.2. The van der Waals surface area contributed by atoms with Crippen molar-refractivity contribution < 1.29 is 8.42 Å². The Morgan fingerprint density at radius 1 is 0.903 bits per heavy atom. The van der Waals surface area contributed by atoms with E-state index in [1.165, 1.54) is 10.0 Å². The maximum Gasteiger partial charge on any atom is 0.249 e. The van der Waals surface area contributed by atoms with Crippen molar-refractivity contribution in [1.82, 2.24) is 9.29 Å². The van der Waals surface area contributed by atoms with Crippen LogP contribution in [0.1, 0.15) is 10.8 Å². The molecule has 5 rings (SSSR count). The van der Waals surface area contributed by atoms with Crippen LogP contribution >= 0.6 is 0 Å². The smallest absolute Gasteiger partial charge is 0.249 e. The first-order chi connectivity index (χ1) is 15.1. The Labute approximate surface area is 182 Å². The largest absolute Gasteiger partial charge is 0.369 e. The first kappa shape index (κ1) is 19.8. The van der Waals surface area contributed by atoms with Crippen LogP contribution in [0, 0.1) is 0 Å². The zero-order valence-electron chi connectivity index (χ0n) is 17.2. The summed E-state index contributed by atoms with van der Waals surface area (Å²) in [7, 11) is -3.72. The van der Waals surface area contributed by atoms with Crippen LogP contribution in [-0.2, 0) is 10.0 Å². The van der Waals surface area contributed by atoms with Gasteiger partial charge in [0.25, 0.3) is 0 Å². The molecule has 1 N–H and O–H groups in total. The number of nitrogens with one attached hydrogen (secondary N) is 1. The molecular weight excluding hydrogens is 406 g/mol. The van der Waals surface area contributed by atoms with E-state index in [2.05, 4.69) is 22.9 Å². The number of anilines is 1. The Morgan fingerprint density at radius 3 is 2.45 bits per heavy atom. The Morgan fingerprint density at radius 2 is 1.68 bits per heavy atom. The van der Waals surface area contributed by atoms with Gasteiger partial charge in [-0.3, -0.25) is 0 Å². The van der Waals surface area contributed by atoms with Gasteiger partial charge in [0.2, 0.25) is 10.0 Å². The molecule has 1 fully saturated rings. The zero-order valence-corrected chi connectivity index (χ0v) is 18.1. The molecule has 1 aliphatic rings. The Balaban J connectivity index is 1.54. The molecule has 1 aromatic heterocycles. The average Bonchev–Trinajstić information content (AvgIpc) is 3.24. The lowest BCUT2D eigenvalue weighted by Gasteiger charge is -2.29. The molecule has 0 amide bonds. The lowest BCUT2D eigenvalue weighted by molar-refractivity contribution is 0.583. The third-order valence-electron chi connectivity index (χ3n) is 6.03. The predicted octanol–water partition coefficient (Wildman–Crippen LogP) is 4.31. The molecule has 0 radical (unpaired) electrons. The van der Waals surface area contributed by atoms with Crippen molar-refractivity contribution in [3.63, 3.8) is 0 Å². The summed E-state index contributed by atoms with van der Waals surface area (Å²) in [6, 6.07) is 21.6. The number of aromatic nitrogens is 1. The van der Waals surface area contributed by atoms with Crippen molar-refractivity contribution in [2.24, 2.45) is 0 Å². The minimum Gasteiger partial charge on any atom is -0.369 e. The molecule has 5 nitrogen and oxygen atoms in total. The molecule has 158 valence electrons. The zero-order chi connectivity index (χ0) is 21.4. The molecular formula is C25H25N3O2S. The van der Waals surface area contributed by atoms with Crippen LogP contribution in [0.25, 0.3) is 21.7 Å². The summed E-state index contributed by atoms with van der Waals surface area (Å²) < 4.78 is 28.7. The number of hydrogen-bond donors (Lipinski definition) is 1. The van der Waals surface area contributed by atoms with Crippen molar-refractivity contribution in [3.8, 4) is 0 Å². The topological polar surface area (TPSA) is 54.3 Å². The highest BCUT2D eigenvalue weighted by Gasteiger charge is 2.27. The van der Waals surface area contributed by atoms with Crippen LogP contribution in [0.5, 0.6) is 0 Å². The van der Waals surface area contributed by atoms with Gasteiger partial charge in [0.1, 0.15) is 5.25 Å². The van der Waals surface area contributed by atoms with Gasteiger partial charge in [-0.05, 0) is 46.7 Å². The Kier molecular flexibility index (Phi) is 5.04. The molecule has 4 aromatic rings. The monoisotopic (exact) mass is 431 g/mol. The fraction of sp³-hybridized carbons (Fsp3) is 0.200. The summed E-state index contributed by atoms with van der Waals surface area (Å²) >= 11 is 0. The second-order valence-corrected chi connectivity index (χ2v) is 9.83. The molecule has 31 heavy (non-hydrogen) atoms. The van der Waals surface area contributed by atoms with Crippen LogP contribution in [0.4, 0.5) is 5.69 Å². The highest BCUT2D eigenvalue weighted by molar-refractivity contribution is 7.90. The van der Waals surface area contributed by atoms with Gasteiger partial charge in [-0.1, -0.05) is 42.5 Å². The SMILES string of the molecule is C=CC(c1ccc2ccccc2c1)S(=O)(=O)n1ccc2cc(N3CCNCC3)ccc21. The predicted molar refractivity (Wildman–Crippen MR) is 128 cm³/mol. The molecule has 1 unspecified atom stereocenters. The third kappa shape index (κ3) is 3.52. The molecule has 1 saturated heterocycles. The van der Waals surface area contributed by atoms with Crippen molar-refractivity contribution in [2.75, 3.05) is 31.1 Å². The van der Waals surface area contributed by atoms with Gasteiger partial charge in [0, 0.05) is 43.4 Å². The van der Waals surface area contributed by atoms with E-state index in [-0.39, 0.29) is 0 Å². The summed E-state index contributed by atoms with van der Waals surface area (Å²) in [4.78, 5) is 2.32. The van der Waals surface area contributed by atoms with Gasteiger partial charge in [-0.25, -0.2) is 12.4 Å². The van der Waals surface area contributed by atoms with Crippen LogP contribution in [0.3, 0.4) is 0 Å². The summed E-state index contributed by atoms with van der Waals surface area (Å²) in [6.07, 6.45) is 3.17. The van der Waals surface area contributed by atoms with E-state index in [9.17, 15) is 8.42 Å². The minimum absolute atomic E-state index is 0.687. The molecule has 0 spiro atoms. The molecule has 0 aliphatic carbocycles. The average molecular weight is 432 g/mol. The lowest BCUT2D eigenvalue weighted by atomic mass is 10.1. The Hall–Kier alpha value is -3.09. The van der Waals surface area contributed by atoms with Crippen molar-refractivity contribution in [3.05, 3.63) is 91.1 Å². The van der Waals surface area contributed by atoms with Gasteiger partial charge in [0.15, 0.2) is 0 Å². The van der Waals surface area contributed by atoms with Gasteiger partial charge in [-0.2, -0.15) is 0 Å². The second kappa shape index (κ2) is 7.87. The fourth-order valence-corrected chi connectivity index (χ4v) is 6.03. The van der Waals surface area contributed by atoms with E-state index in [1.54, 1.807) is 6.20 Å². The molecule has 2 heterocycles. The maximum atomic E-state index is 13.6. The number of fused-ring (bicyclic) bond motifs is 2. The quantitative estimate of drug-likeness (QED) is 0.479. The Bertz CT molecular complexity index is 1370. The van der Waals surface area contributed by atoms with Crippen molar-refractivity contribution in [1.29, 1.82) is 0 Å². The van der Waals surface area contributed by atoms with E-state index >= 15 is 0 Å². The molecule has 1 aliphatic heterocycles. The summed E-state index contributed by atoms with van der Waals surface area (Å²) in [5.74, 6) is 0. The van der Waals surface area contributed by atoms with Gasteiger partial charge in [-0.15, -0.1) is 6.58 Å². The van der Waals surface area contributed by atoms with Crippen molar-refractivity contribution in [2.45, 2.75) is 5.25 Å².